The molecule has 8 nitrogen and oxygen atoms in total. The van der Waals surface area contributed by atoms with Crippen LogP contribution in [0.5, 0.6) is 5.75 Å². The molecule has 2 aromatic carbocycles. The summed E-state index contributed by atoms with van der Waals surface area (Å²) in [4.78, 5) is 18.5. The largest absolute Gasteiger partial charge is 0.481 e. The monoisotopic (exact) mass is 451 g/mol. The summed E-state index contributed by atoms with van der Waals surface area (Å²) in [6, 6.07) is 14.6. The van der Waals surface area contributed by atoms with Crippen molar-refractivity contribution in [1.82, 2.24) is 20.4 Å². The molecule has 0 bridgehead atoms. The molecule has 2 atom stereocenters. The van der Waals surface area contributed by atoms with Crippen molar-refractivity contribution in [1.29, 1.82) is 5.26 Å². The molecule has 0 saturated carbocycles. The fourth-order valence-electron chi connectivity index (χ4n) is 3.49. The molecule has 0 spiro atoms. The number of benzene rings is 2. The number of halogens is 1. The van der Waals surface area contributed by atoms with E-state index in [2.05, 4.69) is 21.7 Å². The maximum atomic E-state index is 12.4. The van der Waals surface area contributed by atoms with Crippen molar-refractivity contribution in [2.24, 2.45) is 0 Å². The van der Waals surface area contributed by atoms with Gasteiger partial charge in [-0.2, -0.15) is 10.2 Å². The highest BCUT2D eigenvalue weighted by molar-refractivity contribution is 6.30. The second-order valence-electron chi connectivity index (χ2n) is 7.65. The second kappa shape index (κ2) is 9.71. The number of nitrogens with one attached hydrogen (secondary N) is 1. The summed E-state index contributed by atoms with van der Waals surface area (Å²) in [5.41, 5.74) is 1.75. The first-order valence-electron chi connectivity index (χ1n) is 10.3. The lowest BCUT2D eigenvalue weighted by atomic mass is 10.1. The first-order chi connectivity index (χ1) is 15.5. The summed E-state index contributed by atoms with van der Waals surface area (Å²) < 4.78 is 11.1. The number of carbonyl (C=O) groups is 1. The number of hydrogen-bond donors (Lipinski definition) is 1. The van der Waals surface area contributed by atoms with Crippen molar-refractivity contribution < 1.29 is 14.1 Å². The minimum atomic E-state index is -0.662. The molecule has 1 aliphatic rings. The van der Waals surface area contributed by atoms with Crippen LogP contribution < -0.4 is 10.1 Å². The lowest BCUT2D eigenvalue weighted by molar-refractivity contribution is -0.127. The third kappa shape index (κ3) is 5.37. The number of nitriles is 1. The van der Waals surface area contributed by atoms with Crippen molar-refractivity contribution in [3.05, 3.63) is 64.9 Å². The van der Waals surface area contributed by atoms with E-state index >= 15 is 0 Å². The zero-order valence-electron chi connectivity index (χ0n) is 17.5. The molecule has 1 aromatic heterocycles. The van der Waals surface area contributed by atoms with Crippen LogP contribution in [0.4, 0.5) is 0 Å². The predicted octanol–water partition coefficient (Wildman–Crippen LogP) is 3.42. The van der Waals surface area contributed by atoms with E-state index < -0.39 is 6.10 Å². The molecule has 1 N–H and O–H groups in total. The summed E-state index contributed by atoms with van der Waals surface area (Å²) in [6.07, 6.45) is 2.71. The molecule has 9 heteroatoms. The van der Waals surface area contributed by atoms with Crippen molar-refractivity contribution in [3.63, 3.8) is 0 Å². The first kappa shape index (κ1) is 21.7. The van der Waals surface area contributed by atoms with E-state index in [4.69, 9.17) is 26.1 Å². The normalized spacial score (nSPS) is 16.4. The molecule has 1 fully saturated rings. The van der Waals surface area contributed by atoms with Gasteiger partial charge in [0.2, 0.25) is 0 Å². The van der Waals surface area contributed by atoms with Crippen LogP contribution in [0.25, 0.3) is 11.5 Å². The highest BCUT2D eigenvalue weighted by Gasteiger charge is 2.25. The van der Waals surface area contributed by atoms with Crippen LogP contribution in [0.15, 0.2) is 53.1 Å². The van der Waals surface area contributed by atoms with Gasteiger partial charge in [0.05, 0.1) is 0 Å². The number of carbonyl (C=O) groups excluding carboxylic acids is 1. The number of rotatable bonds is 7. The molecule has 0 radical (unpaired) electrons. The number of ether oxygens (including phenoxy) is 1. The Balaban J connectivity index is 1.32. The summed E-state index contributed by atoms with van der Waals surface area (Å²) in [7, 11) is 0. The van der Waals surface area contributed by atoms with Gasteiger partial charge in [-0.15, -0.1) is 0 Å². The lowest BCUT2D eigenvalue weighted by Crippen LogP contribution is -2.43. The molecule has 32 heavy (non-hydrogen) atoms. The van der Waals surface area contributed by atoms with Gasteiger partial charge >= 0.3 is 0 Å². The van der Waals surface area contributed by atoms with Crippen LogP contribution in [0.1, 0.15) is 24.7 Å². The van der Waals surface area contributed by atoms with Gasteiger partial charge in [0, 0.05) is 36.1 Å². The first-order valence-corrected chi connectivity index (χ1v) is 10.7. The van der Waals surface area contributed by atoms with Gasteiger partial charge in [-0.1, -0.05) is 28.9 Å². The van der Waals surface area contributed by atoms with Gasteiger partial charge < -0.3 is 19.5 Å². The fraction of sp³-hybridized carbons (Fsp3) is 0.304. The third-order valence-electron chi connectivity index (χ3n) is 5.18. The number of hydrogen-bond acceptors (Lipinski definition) is 7. The zero-order valence-corrected chi connectivity index (χ0v) is 18.2. The third-order valence-corrected chi connectivity index (χ3v) is 5.41. The Bertz CT molecular complexity index is 1130. The van der Waals surface area contributed by atoms with E-state index in [1.165, 1.54) is 0 Å². The highest BCUT2D eigenvalue weighted by Crippen LogP contribution is 2.23. The average Bonchev–Trinajstić information content (AvgIpc) is 3.44. The molecule has 4 rings (SSSR count). The lowest BCUT2D eigenvalue weighted by Gasteiger charge is -2.18. The maximum Gasteiger partial charge on any atom is 0.261 e. The summed E-state index contributed by atoms with van der Waals surface area (Å²) >= 11 is 6.02. The standard InChI is InChI=1S/C23H22ClN5O3/c1-15(22(30)26-19-9-10-29(13-19)14-25)31-20-7-5-17(6-8-20)23-27-21(28-32-23)12-16-3-2-4-18(24)11-16/h2-8,11,15,19H,9-10,12-13H2,1H3,(H,26,30). The van der Waals surface area contributed by atoms with Crippen LogP contribution >= 0.6 is 11.6 Å². The minimum absolute atomic E-state index is 0.0331. The molecule has 1 amide bonds. The Labute approximate surface area is 190 Å². The molecule has 164 valence electrons. The smallest absolute Gasteiger partial charge is 0.261 e. The quantitative estimate of drug-likeness (QED) is 0.549. The van der Waals surface area contributed by atoms with Gasteiger partial charge in [0.15, 0.2) is 18.1 Å². The van der Waals surface area contributed by atoms with E-state index in [1.54, 1.807) is 36.1 Å². The molecule has 2 unspecified atom stereocenters. The predicted molar refractivity (Wildman–Crippen MR) is 118 cm³/mol. The van der Waals surface area contributed by atoms with E-state index in [1.807, 2.05) is 24.3 Å². The topological polar surface area (TPSA) is 104 Å². The average molecular weight is 452 g/mol. The van der Waals surface area contributed by atoms with Crippen LogP contribution in [0, 0.1) is 11.5 Å². The van der Waals surface area contributed by atoms with Crippen molar-refractivity contribution in [2.75, 3.05) is 13.1 Å². The summed E-state index contributed by atoms with van der Waals surface area (Å²) in [6.45, 7) is 2.89. The van der Waals surface area contributed by atoms with Crippen molar-refractivity contribution in [2.45, 2.75) is 31.9 Å². The Morgan fingerprint density at radius 2 is 2.19 bits per heavy atom. The van der Waals surface area contributed by atoms with Crippen LogP contribution in [0.2, 0.25) is 5.02 Å². The van der Waals surface area contributed by atoms with Crippen molar-refractivity contribution >= 4 is 17.5 Å². The fourth-order valence-corrected chi connectivity index (χ4v) is 3.71. The Morgan fingerprint density at radius 3 is 2.91 bits per heavy atom. The molecular formula is C23H22ClN5O3. The Morgan fingerprint density at radius 1 is 1.38 bits per heavy atom. The molecule has 0 aliphatic carbocycles. The van der Waals surface area contributed by atoms with Gasteiger partial charge in [0.25, 0.3) is 11.8 Å². The number of likely N-dealkylation sites (tertiary alicyclic amines) is 1. The van der Waals surface area contributed by atoms with Gasteiger partial charge in [-0.25, -0.2) is 0 Å². The van der Waals surface area contributed by atoms with Gasteiger partial charge in [-0.05, 0) is 55.3 Å². The van der Waals surface area contributed by atoms with Crippen LogP contribution in [-0.4, -0.2) is 46.2 Å². The molecule has 1 saturated heterocycles. The van der Waals surface area contributed by atoms with Gasteiger partial charge in [0.1, 0.15) is 5.75 Å². The van der Waals surface area contributed by atoms with Crippen LogP contribution in [-0.2, 0) is 11.2 Å². The number of amides is 1. The van der Waals surface area contributed by atoms with Crippen LogP contribution in [0.3, 0.4) is 0 Å². The maximum absolute atomic E-state index is 12.4. The summed E-state index contributed by atoms with van der Waals surface area (Å²) in [5, 5.41) is 16.6. The molecule has 3 aromatic rings. The Kier molecular flexibility index (Phi) is 6.57. The molecule has 2 heterocycles. The van der Waals surface area contributed by atoms with E-state index in [0.29, 0.717) is 42.0 Å². The highest BCUT2D eigenvalue weighted by atomic mass is 35.5. The summed E-state index contributed by atoms with van der Waals surface area (Å²) in [5.74, 6) is 1.32. The number of nitrogens with zero attached hydrogens (tertiary/aromatic N) is 4. The van der Waals surface area contributed by atoms with E-state index in [9.17, 15) is 4.79 Å². The molecular weight excluding hydrogens is 430 g/mol. The van der Waals surface area contributed by atoms with Crippen molar-refractivity contribution in [3.8, 4) is 23.4 Å². The van der Waals surface area contributed by atoms with E-state index in [-0.39, 0.29) is 11.9 Å². The zero-order chi connectivity index (χ0) is 22.5. The second-order valence-corrected chi connectivity index (χ2v) is 8.08. The SMILES string of the molecule is CC(Oc1ccc(-c2nc(Cc3cccc(Cl)c3)no2)cc1)C(=O)NC1CCN(C#N)C1. The minimum Gasteiger partial charge on any atom is -0.481 e. The Hall–Kier alpha value is -3.57. The van der Waals surface area contributed by atoms with E-state index in [0.717, 1.165) is 17.5 Å². The van der Waals surface area contributed by atoms with Gasteiger partial charge in [-0.3, -0.25) is 4.79 Å². The number of aromatic nitrogens is 2. The molecule has 1 aliphatic heterocycles.